The van der Waals surface area contributed by atoms with Crippen LogP contribution in [0.25, 0.3) is 0 Å². The van der Waals surface area contributed by atoms with Gasteiger partial charge in [0, 0.05) is 0 Å². The maximum Gasteiger partial charge on any atom is 0.432 e. The number of fused-ring (bicyclic) bond motifs is 1. The molecule has 0 aromatic rings. The Bertz CT molecular complexity index is 718. The van der Waals surface area contributed by atoms with Crippen molar-refractivity contribution in [2.75, 3.05) is 0 Å². The molecule has 3 aliphatic rings. The van der Waals surface area contributed by atoms with Gasteiger partial charge in [-0.2, -0.15) is 30.4 Å². The van der Waals surface area contributed by atoms with E-state index >= 15 is 0 Å². The molecule has 1 N–H and O–H groups in total. The fraction of sp³-hybridized carbons (Fsp3) is 0.818. The Morgan fingerprint density at radius 1 is 1.24 bits per heavy atom. The fourth-order valence-electron chi connectivity index (χ4n) is 3.22. The second-order valence-electron chi connectivity index (χ2n) is 5.80. The Labute approximate surface area is 135 Å². The molecule has 142 valence electrons. The Hall–Kier alpha value is -1.54. The summed E-state index contributed by atoms with van der Waals surface area (Å²) in [5, 5.41) is -5.83. The fourth-order valence-corrected chi connectivity index (χ4v) is 3.68. The SMILES string of the molecule is O=C(OC(C(F)(F)F)C(F)(F)S(=O)(=O)O)C1C2OC(=O)[C@@H]3C[C@@H]1OC23. The number of carbonyl (C=O) groups is 2. The summed E-state index contributed by atoms with van der Waals surface area (Å²) in [7, 11) is -6.53. The van der Waals surface area contributed by atoms with Crippen LogP contribution in [0, 0.1) is 11.8 Å². The van der Waals surface area contributed by atoms with Gasteiger partial charge in [0.1, 0.15) is 18.1 Å². The summed E-state index contributed by atoms with van der Waals surface area (Å²) in [5.74, 6) is -4.90. The molecule has 0 aromatic carbocycles. The van der Waals surface area contributed by atoms with Crippen LogP contribution >= 0.6 is 0 Å². The number of ether oxygens (including phenoxy) is 3. The van der Waals surface area contributed by atoms with Crippen LogP contribution in [0.3, 0.4) is 0 Å². The second kappa shape index (κ2) is 5.23. The first-order valence-electron chi connectivity index (χ1n) is 6.73. The molecule has 0 amide bonds. The van der Waals surface area contributed by atoms with Crippen molar-refractivity contribution in [1.82, 2.24) is 0 Å². The van der Waals surface area contributed by atoms with E-state index in [0.717, 1.165) is 0 Å². The number of rotatable bonds is 4. The van der Waals surface area contributed by atoms with Gasteiger partial charge >= 0.3 is 33.5 Å². The van der Waals surface area contributed by atoms with Crippen molar-refractivity contribution in [3.05, 3.63) is 0 Å². The van der Waals surface area contributed by atoms with Crippen LogP contribution in [0.15, 0.2) is 0 Å². The Morgan fingerprint density at radius 3 is 2.36 bits per heavy atom. The molecule has 25 heavy (non-hydrogen) atoms. The summed E-state index contributed by atoms with van der Waals surface area (Å²) in [5.41, 5.74) is 0. The first-order chi connectivity index (χ1) is 11.2. The lowest BCUT2D eigenvalue weighted by Gasteiger charge is -2.28. The van der Waals surface area contributed by atoms with Gasteiger partial charge in [0.25, 0.3) is 6.10 Å². The predicted molar refractivity (Wildman–Crippen MR) is 62.6 cm³/mol. The molecular formula is C11H9F5O8S. The van der Waals surface area contributed by atoms with Gasteiger partial charge < -0.3 is 14.2 Å². The van der Waals surface area contributed by atoms with Crippen molar-refractivity contribution in [3.8, 4) is 0 Å². The smallest absolute Gasteiger partial charge is 0.432 e. The molecule has 3 saturated heterocycles. The number of hydrogen-bond acceptors (Lipinski definition) is 7. The van der Waals surface area contributed by atoms with Gasteiger partial charge in [-0.05, 0) is 6.42 Å². The molecule has 8 nitrogen and oxygen atoms in total. The molecule has 0 radical (unpaired) electrons. The summed E-state index contributed by atoms with van der Waals surface area (Å²) in [6, 6.07) is 0. The maximum atomic E-state index is 13.4. The van der Waals surface area contributed by atoms with Crippen LogP contribution in [0.2, 0.25) is 0 Å². The number of halogens is 5. The Balaban J connectivity index is 1.84. The van der Waals surface area contributed by atoms with Gasteiger partial charge in [0.05, 0.1) is 12.0 Å². The summed E-state index contributed by atoms with van der Waals surface area (Å²) in [6.07, 6.45) is -13.8. The lowest BCUT2D eigenvalue weighted by molar-refractivity contribution is -0.261. The number of alkyl halides is 5. The van der Waals surface area contributed by atoms with Gasteiger partial charge in [0.2, 0.25) is 0 Å². The van der Waals surface area contributed by atoms with E-state index in [1.807, 2.05) is 0 Å². The summed E-state index contributed by atoms with van der Waals surface area (Å²) < 4.78 is 108. The summed E-state index contributed by atoms with van der Waals surface area (Å²) >= 11 is 0. The highest BCUT2D eigenvalue weighted by atomic mass is 32.2. The van der Waals surface area contributed by atoms with Crippen LogP contribution in [-0.2, 0) is 33.9 Å². The standard InChI is InChI=1S/C11H9F5O8S/c12-10(13,14)9(11(15,16)25(19,20)21)24-8(18)4-3-1-2-5(22-3)6(4)23-7(2)17/h2-6,9H,1H2,(H,19,20,21)/t2-,3+,4?,5?,6?,9?/m1/s1. The molecule has 0 aliphatic carbocycles. The third kappa shape index (κ3) is 2.66. The van der Waals surface area contributed by atoms with Crippen LogP contribution in [-0.4, -0.2) is 60.8 Å². The van der Waals surface area contributed by atoms with Gasteiger partial charge in [-0.3, -0.25) is 14.1 Å². The summed E-state index contributed by atoms with van der Waals surface area (Å²) in [6.45, 7) is 0. The topological polar surface area (TPSA) is 116 Å². The minimum Gasteiger partial charge on any atom is -0.458 e. The molecular weight excluding hydrogens is 387 g/mol. The van der Waals surface area contributed by atoms with E-state index in [9.17, 15) is 40.0 Å². The third-order valence-corrected chi connectivity index (χ3v) is 5.20. The van der Waals surface area contributed by atoms with Crippen molar-refractivity contribution in [2.45, 2.75) is 42.3 Å². The van der Waals surface area contributed by atoms with E-state index in [1.165, 1.54) is 0 Å². The first-order valence-corrected chi connectivity index (χ1v) is 8.17. The van der Waals surface area contributed by atoms with Crippen molar-refractivity contribution >= 4 is 22.1 Å². The zero-order chi connectivity index (χ0) is 18.9. The van der Waals surface area contributed by atoms with Crippen LogP contribution in [0.1, 0.15) is 6.42 Å². The first kappa shape index (κ1) is 18.3. The van der Waals surface area contributed by atoms with Crippen LogP contribution < -0.4 is 0 Å². The van der Waals surface area contributed by atoms with Gasteiger partial charge in [-0.1, -0.05) is 0 Å². The van der Waals surface area contributed by atoms with E-state index in [4.69, 9.17) is 14.0 Å². The van der Waals surface area contributed by atoms with E-state index in [-0.39, 0.29) is 6.42 Å². The van der Waals surface area contributed by atoms with Gasteiger partial charge in [-0.25, -0.2) is 0 Å². The van der Waals surface area contributed by atoms with E-state index in [0.29, 0.717) is 0 Å². The molecule has 2 bridgehead atoms. The molecule has 6 atom stereocenters. The maximum absolute atomic E-state index is 13.4. The van der Waals surface area contributed by atoms with Crippen molar-refractivity contribution in [1.29, 1.82) is 0 Å². The molecule has 4 unspecified atom stereocenters. The zero-order valence-corrected chi connectivity index (χ0v) is 12.6. The van der Waals surface area contributed by atoms with Gasteiger partial charge in [0.15, 0.2) is 0 Å². The predicted octanol–water partition coefficient (Wildman–Crippen LogP) is 0.270. The lowest BCUT2D eigenvalue weighted by atomic mass is 9.82. The molecule has 0 saturated carbocycles. The molecule has 3 heterocycles. The monoisotopic (exact) mass is 396 g/mol. The lowest BCUT2D eigenvalue weighted by Crippen LogP contribution is -2.53. The average molecular weight is 396 g/mol. The average Bonchev–Trinajstić information content (AvgIpc) is 3.03. The molecule has 3 aliphatic heterocycles. The van der Waals surface area contributed by atoms with E-state index in [1.54, 1.807) is 0 Å². The second-order valence-corrected chi connectivity index (χ2v) is 7.30. The minimum absolute atomic E-state index is 0.0643. The minimum atomic E-state index is -6.53. The van der Waals surface area contributed by atoms with Crippen molar-refractivity contribution in [3.63, 3.8) is 0 Å². The highest BCUT2D eigenvalue weighted by Crippen LogP contribution is 2.50. The highest BCUT2D eigenvalue weighted by molar-refractivity contribution is 7.86. The quantitative estimate of drug-likeness (QED) is 0.409. The number of esters is 2. The zero-order valence-electron chi connectivity index (χ0n) is 11.8. The van der Waals surface area contributed by atoms with Crippen molar-refractivity contribution < 1.29 is 58.7 Å². The molecule has 3 rings (SSSR count). The normalized spacial score (nSPS) is 35.6. The molecule has 0 spiro atoms. The van der Waals surface area contributed by atoms with Gasteiger partial charge in [-0.15, -0.1) is 0 Å². The highest BCUT2D eigenvalue weighted by Gasteiger charge is 2.69. The Morgan fingerprint density at radius 2 is 1.84 bits per heavy atom. The number of carbonyl (C=O) groups excluding carboxylic acids is 2. The van der Waals surface area contributed by atoms with Crippen molar-refractivity contribution in [2.24, 2.45) is 11.8 Å². The Kier molecular flexibility index (Phi) is 3.82. The number of hydrogen-bond donors (Lipinski definition) is 1. The molecule has 0 aromatic heterocycles. The third-order valence-electron chi connectivity index (χ3n) is 4.30. The largest absolute Gasteiger partial charge is 0.458 e. The van der Waals surface area contributed by atoms with E-state index < -0.39 is 69.7 Å². The van der Waals surface area contributed by atoms with E-state index in [2.05, 4.69) is 4.74 Å². The van der Waals surface area contributed by atoms with Crippen LogP contribution in [0.5, 0.6) is 0 Å². The molecule has 3 fully saturated rings. The van der Waals surface area contributed by atoms with Crippen LogP contribution in [0.4, 0.5) is 22.0 Å². The summed E-state index contributed by atoms with van der Waals surface area (Å²) in [4.78, 5) is 23.4. The molecule has 14 heteroatoms.